The number of carbonyl (C=O) groups excluding carboxylic acids is 1. The Morgan fingerprint density at radius 3 is 2.45 bits per heavy atom. The fourth-order valence-electron chi connectivity index (χ4n) is 5.38. The zero-order valence-electron chi connectivity index (χ0n) is 25.3. The lowest BCUT2D eigenvalue weighted by atomic mass is 9.88. The second-order valence-electron chi connectivity index (χ2n) is 11.4. The molecule has 0 unspecified atom stereocenters. The Morgan fingerprint density at radius 1 is 1.14 bits per heavy atom. The maximum absolute atomic E-state index is 15.0. The molecular formula is C36H43FN4O. The minimum Gasteiger partial charge on any atom is -0.336 e. The lowest BCUT2D eigenvalue weighted by molar-refractivity contribution is -0.127. The second-order valence-corrected chi connectivity index (χ2v) is 11.4. The molecule has 1 saturated carbocycles. The summed E-state index contributed by atoms with van der Waals surface area (Å²) in [6.45, 7) is 13.3. The predicted octanol–water partition coefficient (Wildman–Crippen LogP) is 7.73. The zero-order valence-corrected chi connectivity index (χ0v) is 25.3. The minimum atomic E-state index is -0.290. The highest BCUT2D eigenvalue weighted by Crippen LogP contribution is 2.37. The summed E-state index contributed by atoms with van der Waals surface area (Å²) in [5, 5.41) is 13.6. The Hall–Kier alpha value is -3.95. The van der Waals surface area contributed by atoms with E-state index in [1.165, 1.54) is 25.3 Å². The number of piperazine rings is 1. The van der Waals surface area contributed by atoms with E-state index in [0.29, 0.717) is 42.0 Å². The largest absolute Gasteiger partial charge is 0.336 e. The van der Waals surface area contributed by atoms with E-state index >= 15 is 4.39 Å². The third kappa shape index (κ3) is 7.46. The van der Waals surface area contributed by atoms with Gasteiger partial charge < -0.3 is 15.1 Å². The van der Waals surface area contributed by atoms with Gasteiger partial charge in [0.25, 0.3) is 5.91 Å². The van der Waals surface area contributed by atoms with Crippen molar-refractivity contribution in [3.8, 4) is 17.2 Å². The van der Waals surface area contributed by atoms with Crippen LogP contribution in [0.5, 0.6) is 0 Å². The van der Waals surface area contributed by atoms with Gasteiger partial charge in [0.05, 0.1) is 0 Å². The summed E-state index contributed by atoms with van der Waals surface area (Å²) < 4.78 is 15.0. The third-order valence-corrected chi connectivity index (χ3v) is 8.16. The van der Waals surface area contributed by atoms with Crippen LogP contribution in [0.2, 0.25) is 0 Å². The molecule has 1 N–H and O–H groups in total. The average molecular weight is 567 g/mol. The first-order valence-corrected chi connectivity index (χ1v) is 15.2. The highest BCUT2D eigenvalue weighted by Gasteiger charge is 2.25. The van der Waals surface area contributed by atoms with Gasteiger partial charge in [-0.15, -0.1) is 0 Å². The van der Waals surface area contributed by atoms with Gasteiger partial charge in [-0.3, -0.25) is 4.79 Å². The molecule has 5 nitrogen and oxygen atoms in total. The van der Waals surface area contributed by atoms with Crippen molar-refractivity contribution >= 4 is 11.5 Å². The van der Waals surface area contributed by atoms with Crippen LogP contribution in [0.1, 0.15) is 63.5 Å². The van der Waals surface area contributed by atoms with Crippen LogP contribution in [0.3, 0.4) is 0 Å². The lowest BCUT2D eigenvalue weighted by Gasteiger charge is -2.30. The van der Waals surface area contributed by atoms with E-state index in [-0.39, 0.29) is 11.7 Å². The van der Waals surface area contributed by atoms with Gasteiger partial charge in [0.15, 0.2) is 0 Å². The van der Waals surface area contributed by atoms with Crippen LogP contribution in [0.4, 0.5) is 4.39 Å². The van der Waals surface area contributed by atoms with Crippen LogP contribution >= 0.6 is 0 Å². The van der Waals surface area contributed by atoms with Gasteiger partial charge in [-0.2, -0.15) is 5.26 Å². The quantitative estimate of drug-likeness (QED) is 0.349. The maximum atomic E-state index is 15.0. The molecule has 1 saturated heterocycles. The SMILES string of the molecule is C=C1C=C(C(=O)N2CCNCC2)C=CN1/C(C#N)=C(\CCCC)c1ccccc1-c1ccc(C)cc1F.CC1CCC1. The molecule has 2 aromatic rings. The first kappa shape index (κ1) is 31.0. The Balaban J connectivity index is 0.000000732. The first-order valence-electron chi connectivity index (χ1n) is 15.2. The fraction of sp³-hybridized carbons (Fsp3) is 0.389. The molecule has 1 aliphatic carbocycles. The number of hydrogen-bond donors (Lipinski definition) is 1. The summed E-state index contributed by atoms with van der Waals surface area (Å²) in [6.07, 6.45) is 12.2. The van der Waals surface area contributed by atoms with Gasteiger partial charge in [0, 0.05) is 49.2 Å². The van der Waals surface area contributed by atoms with Crippen LogP contribution in [0, 0.1) is 30.0 Å². The molecule has 1 amide bonds. The topological polar surface area (TPSA) is 59.4 Å². The number of hydrogen-bond acceptors (Lipinski definition) is 4. The van der Waals surface area contributed by atoms with E-state index in [9.17, 15) is 10.1 Å². The molecule has 42 heavy (non-hydrogen) atoms. The number of aryl methyl sites for hydroxylation is 1. The molecule has 0 atom stereocenters. The number of nitrogens with zero attached hydrogens (tertiary/aromatic N) is 3. The van der Waals surface area contributed by atoms with Crippen molar-refractivity contribution in [2.45, 2.75) is 59.3 Å². The summed E-state index contributed by atoms with van der Waals surface area (Å²) in [5.41, 5.74) is 5.28. The predicted molar refractivity (Wildman–Crippen MR) is 169 cm³/mol. The number of unbranched alkanes of at least 4 members (excludes halogenated alkanes) is 1. The number of benzene rings is 2. The number of nitriles is 1. The molecule has 0 aromatic heterocycles. The van der Waals surface area contributed by atoms with E-state index in [2.05, 4.69) is 31.8 Å². The highest BCUT2D eigenvalue weighted by molar-refractivity contribution is 5.97. The number of allylic oxidation sites excluding steroid dienone is 3. The van der Waals surface area contributed by atoms with Crippen molar-refractivity contribution in [2.24, 2.45) is 5.92 Å². The summed E-state index contributed by atoms with van der Waals surface area (Å²) >= 11 is 0. The molecule has 2 aliphatic heterocycles. The van der Waals surface area contributed by atoms with Gasteiger partial charge in [-0.05, 0) is 66.2 Å². The van der Waals surface area contributed by atoms with Crippen LogP contribution in [-0.4, -0.2) is 41.9 Å². The molecule has 3 aliphatic rings. The van der Waals surface area contributed by atoms with Crippen molar-refractivity contribution in [3.63, 3.8) is 0 Å². The number of rotatable bonds is 7. The van der Waals surface area contributed by atoms with Gasteiger partial charge in [0.2, 0.25) is 0 Å². The van der Waals surface area contributed by atoms with Crippen molar-refractivity contribution < 1.29 is 9.18 Å². The first-order chi connectivity index (χ1) is 20.3. The minimum absolute atomic E-state index is 0.0348. The Bertz CT molecular complexity index is 1420. The van der Waals surface area contributed by atoms with Crippen molar-refractivity contribution in [2.75, 3.05) is 26.2 Å². The molecule has 6 heteroatoms. The normalized spacial score (nSPS) is 17.4. The van der Waals surface area contributed by atoms with Gasteiger partial charge in [-0.1, -0.05) is 82.5 Å². The summed E-state index contributed by atoms with van der Waals surface area (Å²) in [6, 6.07) is 15.3. The van der Waals surface area contributed by atoms with E-state index in [0.717, 1.165) is 54.1 Å². The summed E-state index contributed by atoms with van der Waals surface area (Å²) in [7, 11) is 0. The average Bonchev–Trinajstić information content (AvgIpc) is 2.99. The van der Waals surface area contributed by atoms with Crippen LogP contribution in [0.25, 0.3) is 16.7 Å². The molecule has 2 aromatic carbocycles. The Kier molecular flexibility index (Phi) is 10.9. The van der Waals surface area contributed by atoms with E-state index in [1.54, 1.807) is 29.3 Å². The van der Waals surface area contributed by atoms with Crippen LogP contribution < -0.4 is 5.32 Å². The van der Waals surface area contributed by atoms with Gasteiger partial charge in [-0.25, -0.2) is 4.39 Å². The molecule has 5 rings (SSSR count). The molecule has 2 heterocycles. The summed E-state index contributed by atoms with van der Waals surface area (Å²) in [5.74, 6) is 0.740. The Morgan fingerprint density at radius 2 is 1.86 bits per heavy atom. The number of amides is 1. The van der Waals surface area contributed by atoms with Crippen molar-refractivity contribution in [3.05, 3.63) is 101 Å². The number of carbonyl (C=O) groups is 1. The van der Waals surface area contributed by atoms with Gasteiger partial charge >= 0.3 is 0 Å². The third-order valence-electron chi connectivity index (χ3n) is 8.16. The number of halogens is 1. The molecule has 220 valence electrons. The van der Waals surface area contributed by atoms with E-state index < -0.39 is 0 Å². The van der Waals surface area contributed by atoms with Crippen LogP contribution in [0.15, 0.2) is 84.4 Å². The smallest absolute Gasteiger partial charge is 0.254 e. The Labute approximate surface area is 250 Å². The monoisotopic (exact) mass is 566 g/mol. The van der Waals surface area contributed by atoms with Crippen molar-refractivity contribution in [1.29, 1.82) is 5.26 Å². The maximum Gasteiger partial charge on any atom is 0.254 e. The lowest BCUT2D eigenvalue weighted by Crippen LogP contribution is -2.47. The van der Waals surface area contributed by atoms with Crippen molar-refractivity contribution in [1.82, 2.24) is 15.1 Å². The second kappa shape index (κ2) is 14.8. The molecular weight excluding hydrogens is 523 g/mol. The molecule has 2 fully saturated rings. The van der Waals surface area contributed by atoms with Gasteiger partial charge in [0.1, 0.15) is 17.6 Å². The summed E-state index contributed by atoms with van der Waals surface area (Å²) in [4.78, 5) is 16.6. The standard InChI is InChI=1S/C31H33FN4O.C5H10/c1-4-5-8-28(26-10-7-6-9-25(26)27-12-11-22(2)19-29(27)32)30(21-33)36-16-13-24(20-23(36)3)31(37)35-17-14-34-15-18-35;1-5-3-2-4-5/h6-7,9-13,16,19-20,34H,3-5,8,14-15,17-18H2,1-2H3;5H,2-4H2,1H3/b30-28+;. The van der Waals surface area contributed by atoms with Crippen LogP contribution in [-0.2, 0) is 4.79 Å². The van der Waals surface area contributed by atoms with E-state index in [4.69, 9.17) is 0 Å². The number of nitrogens with one attached hydrogen (secondary N) is 1. The molecule has 0 spiro atoms. The molecule has 0 radical (unpaired) electrons. The zero-order chi connectivity index (χ0) is 30.1. The highest BCUT2D eigenvalue weighted by atomic mass is 19.1. The molecule has 0 bridgehead atoms. The van der Waals surface area contributed by atoms with E-state index in [1.807, 2.05) is 42.2 Å². The fourth-order valence-corrected chi connectivity index (χ4v) is 5.38.